The fourth-order valence-electron chi connectivity index (χ4n) is 2.34. The first-order chi connectivity index (χ1) is 5.60. The predicted molar refractivity (Wildman–Crippen MR) is 57.2 cm³/mol. The van der Waals surface area contributed by atoms with Crippen molar-refractivity contribution in [2.24, 2.45) is 0 Å². The lowest BCUT2D eigenvalue weighted by atomic mass is 10.2. The number of hydrogen-bond acceptors (Lipinski definition) is 1. The number of Topliss-reactive ketones (excluding diaryl/α,β-unsaturated/α-hetero) is 1. The quantitative estimate of drug-likeness (QED) is 0.665. The first-order valence-electron chi connectivity index (χ1n) is 4.83. The van der Waals surface area contributed by atoms with Gasteiger partial charge in [0.05, 0.1) is 0 Å². The van der Waals surface area contributed by atoms with Crippen molar-refractivity contribution < 1.29 is 4.79 Å². The summed E-state index contributed by atoms with van der Waals surface area (Å²) in [6, 6.07) is 0. The van der Waals surface area contributed by atoms with Gasteiger partial charge in [-0.05, 0) is 43.9 Å². The Hall–Kier alpha value is 0.0200. The van der Waals surface area contributed by atoms with Gasteiger partial charge in [0.15, 0.2) is 0 Å². The molecule has 12 heavy (non-hydrogen) atoms. The summed E-state index contributed by atoms with van der Waals surface area (Å²) in [6.07, 6.45) is 6.14. The van der Waals surface area contributed by atoms with Gasteiger partial charge in [0.25, 0.3) is 0 Å². The van der Waals surface area contributed by atoms with E-state index in [1.807, 2.05) is 0 Å². The maximum Gasteiger partial charge on any atom is 0.141 e. The third kappa shape index (κ3) is 1.85. The lowest BCUT2D eigenvalue weighted by Crippen LogP contribution is -2.25. The molecule has 0 aromatic rings. The molecule has 1 heterocycles. The van der Waals surface area contributed by atoms with Gasteiger partial charge in [-0.25, -0.2) is 10.0 Å². The Morgan fingerprint density at radius 1 is 1.42 bits per heavy atom. The molecule has 72 valence electrons. The zero-order valence-electron chi connectivity index (χ0n) is 8.43. The van der Waals surface area contributed by atoms with E-state index in [-0.39, 0.29) is 0 Å². The van der Waals surface area contributed by atoms with Gasteiger partial charge in [-0.2, -0.15) is 0 Å². The highest BCUT2D eigenvalue weighted by Crippen LogP contribution is 2.55. The van der Waals surface area contributed by atoms with Gasteiger partial charge in [-0.15, -0.1) is 0 Å². The molecule has 0 radical (unpaired) electrons. The molecule has 1 rings (SSSR count). The summed E-state index contributed by atoms with van der Waals surface area (Å²) in [4.78, 5) is 11.4. The molecule has 0 aromatic carbocycles. The van der Waals surface area contributed by atoms with Gasteiger partial charge in [0.1, 0.15) is 5.78 Å². The predicted octanol–water partition coefficient (Wildman–Crippen LogP) is 2.58. The monoisotopic (exact) mass is 188 g/mol. The minimum Gasteiger partial charge on any atom is -0.299 e. The van der Waals surface area contributed by atoms with Gasteiger partial charge >= 0.3 is 0 Å². The van der Waals surface area contributed by atoms with E-state index in [1.54, 1.807) is 6.92 Å². The minimum atomic E-state index is -0.543. The molecule has 1 aliphatic heterocycles. The molecule has 0 spiro atoms. The maximum atomic E-state index is 11.4. The van der Waals surface area contributed by atoms with Crippen LogP contribution in [0.1, 0.15) is 33.1 Å². The van der Waals surface area contributed by atoms with Crippen molar-refractivity contribution in [2.75, 3.05) is 17.8 Å². The Balaban J connectivity index is 2.69. The fourth-order valence-corrected chi connectivity index (χ4v) is 6.45. The molecule has 1 nitrogen and oxygen atoms in total. The van der Waals surface area contributed by atoms with Crippen molar-refractivity contribution in [2.45, 2.75) is 38.4 Å². The highest BCUT2D eigenvalue weighted by Gasteiger charge is 2.33. The number of hydrogen-bond donors (Lipinski definition) is 0. The summed E-state index contributed by atoms with van der Waals surface area (Å²) >= 11 is 0. The molecule has 1 unspecified atom stereocenters. The summed E-state index contributed by atoms with van der Waals surface area (Å²) in [7, 11) is -0.543. The van der Waals surface area contributed by atoms with Crippen molar-refractivity contribution in [3.8, 4) is 0 Å². The van der Waals surface area contributed by atoms with Crippen molar-refractivity contribution in [3.63, 3.8) is 0 Å². The minimum absolute atomic E-state index is 0.403. The van der Waals surface area contributed by atoms with Crippen LogP contribution >= 0.6 is 10.0 Å². The highest BCUT2D eigenvalue weighted by molar-refractivity contribution is 8.34. The molecule has 1 aliphatic rings. The molecular weight excluding hydrogens is 168 g/mol. The van der Waals surface area contributed by atoms with Gasteiger partial charge in [0, 0.05) is 5.25 Å². The highest BCUT2D eigenvalue weighted by atomic mass is 32.3. The average Bonchev–Trinajstić information content (AvgIpc) is 2.37. The average molecular weight is 188 g/mol. The molecule has 1 atom stereocenters. The van der Waals surface area contributed by atoms with Crippen LogP contribution in [0.15, 0.2) is 0 Å². The molecule has 1 saturated heterocycles. The van der Waals surface area contributed by atoms with E-state index in [9.17, 15) is 4.79 Å². The zero-order valence-corrected chi connectivity index (χ0v) is 9.25. The molecule has 0 amide bonds. The zero-order chi connectivity index (χ0) is 9.19. The van der Waals surface area contributed by atoms with Gasteiger partial charge in [-0.1, -0.05) is 6.92 Å². The summed E-state index contributed by atoms with van der Waals surface area (Å²) in [5, 5.41) is 0.403. The Kier molecular flexibility index (Phi) is 3.22. The van der Waals surface area contributed by atoms with E-state index >= 15 is 0 Å². The Morgan fingerprint density at radius 3 is 2.25 bits per heavy atom. The van der Waals surface area contributed by atoms with Crippen LogP contribution in [-0.2, 0) is 4.79 Å². The van der Waals surface area contributed by atoms with Crippen LogP contribution in [0.2, 0.25) is 0 Å². The van der Waals surface area contributed by atoms with Crippen LogP contribution in [0.3, 0.4) is 0 Å². The third-order valence-electron chi connectivity index (χ3n) is 2.98. The van der Waals surface area contributed by atoms with Crippen molar-refractivity contribution >= 4 is 15.8 Å². The number of carbonyl (C=O) groups excluding carboxylic acids is 1. The fraction of sp³-hybridized carbons (Fsp3) is 0.900. The molecular formula is C10H20OS. The summed E-state index contributed by atoms with van der Waals surface area (Å²) < 4.78 is 0. The molecule has 2 heteroatoms. The van der Waals surface area contributed by atoms with Gasteiger partial charge < -0.3 is 0 Å². The first kappa shape index (κ1) is 10.1. The third-order valence-corrected chi connectivity index (χ3v) is 7.46. The molecule has 0 N–H and O–H groups in total. The molecule has 0 saturated carbocycles. The summed E-state index contributed by atoms with van der Waals surface area (Å²) in [5.74, 6) is 3.10. The van der Waals surface area contributed by atoms with E-state index in [1.165, 1.54) is 24.3 Å². The summed E-state index contributed by atoms with van der Waals surface area (Å²) in [5.41, 5.74) is 0. The Bertz CT molecular complexity index is 171. The van der Waals surface area contributed by atoms with Crippen LogP contribution < -0.4 is 0 Å². The van der Waals surface area contributed by atoms with E-state index < -0.39 is 10.0 Å². The summed E-state index contributed by atoms with van der Waals surface area (Å²) in [6.45, 7) is 3.92. The lowest BCUT2D eigenvalue weighted by molar-refractivity contribution is -0.116. The van der Waals surface area contributed by atoms with Gasteiger partial charge in [-0.3, -0.25) is 4.79 Å². The normalized spacial score (nSPS) is 26.6. The molecule has 0 bridgehead atoms. The number of carbonyl (C=O) groups is 1. The molecule has 0 aliphatic carbocycles. The largest absolute Gasteiger partial charge is 0.299 e. The second-order valence-electron chi connectivity index (χ2n) is 3.97. The number of ketones is 1. The molecule has 1 fully saturated rings. The second kappa shape index (κ2) is 3.82. The van der Waals surface area contributed by atoms with Gasteiger partial charge in [0.2, 0.25) is 0 Å². The Morgan fingerprint density at radius 2 is 1.92 bits per heavy atom. The molecule has 0 aromatic heterocycles. The van der Waals surface area contributed by atoms with Crippen molar-refractivity contribution in [1.82, 2.24) is 0 Å². The van der Waals surface area contributed by atoms with Crippen molar-refractivity contribution in [1.29, 1.82) is 0 Å². The van der Waals surface area contributed by atoms with Crippen LogP contribution in [0, 0.1) is 0 Å². The SMILES string of the molecule is CCC(C(C)=O)S1(C)CCCC1. The standard InChI is InChI=1S/C10H20OS/c1-4-10(9(2)11)12(3)7-5-6-8-12/h10H,4-8H2,1-3H3. The van der Waals surface area contributed by atoms with E-state index in [2.05, 4.69) is 13.2 Å². The van der Waals surface area contributed by atoms with E-state index in [0.717, 1.165) is 6.42 Å². The lowest BCUT2D eigenvalue weighted by Gasteiger charge is -2.37. The van der Waals surface area contributed by atoms with E-state index in [0.29, 0.717) is 11.0 Å². The van der Waals surface area contributed by atoms with Crippen LogP contribution in [-0.4, -0.2) is 28.8 Å². The van der Waals surface area contributed by atoms with E-state index in [4.69, 9.17) is 0 Å². The van der Waals surface area contributed by atoms with Crippen LogP contribution in [0.4, 0.5) is 0 Å². The maximum absolute atomic E-state index is 11.4. The smallest absolute Gasteiger partial charge is 0.141 e. The van der Waals surface area contributed by atoms with Crippen LogP contribution in [0.25, 0.3) is 0 Å². The second-order valence-corrected chi connectivity index (χ2v) is 8.06. The van der Waals surface area contributed by atoms with Crippen molar-refractivity contribution in [3.05, 3.63) is 0 Å². The first-order valence-corrected chi connectivity index (χ1v) is 7.27. The Labute approximate surface area is 77.2 Å². The van der Waals surface area contributed by atoms with Crippen LogP contribution in [0.5, 0.6) is 0 Å². The topological polar surface area (TPSA) is 17.1 Å². The number of rotatable bonds is 3.